The third-order valence-corrected chi connectivity index (χ3v) is 4.53. The van der Waals surface area contributed by atoms with Crippen molar-refractivity contribution in [1.29, 1.82) is 0 Å². The van der Waals surface area contributed by atoms with Gasteiger partial charge in [0.05, 0.1) is 5.69 Å². The van der Waals surface area contributed by atoms with E-state index >= 15 is 0 Å². The van der Waals surface area contributed by atoms with Gasteiger partial charge in [0.2, 0.25) is 0 Å². The number of H-pyrrole nitrogens is 1. The molecule has 2 aliphatic rings. The minimum Gasteiger partial charge on any atom is -0.483 e. The summed E-state index contributed by atoms with van der Waals surface area (Å²) in [6, 6.07) is 0. The van der Waals surface area contributed by atoms with Gasteiger partial charge in [-0.3, -0.25) is 4.79 Å². The number of allylic oxidation sites excluding steroid dienone is 4. The van der Waals surface area contributed by atoms with E-state index in [0.717, 1.165) is 41.0 Å². The van der Waals surface area contributed by atoms with Gasteiger partial charge in [-0.15, -0.1) is 0 Å². The van der Waals surface area contributed by atoms with Gasteiger partial charge in [0, 0.05) is 18.2 Å². The van der Waals surface area contributed by atoms with Crippen LogP contribution in [0.15, 0.2) is 30.6 Å². The van der Waals surface area contributed by atoms with Crippen LogP contribution in [0.25, 0.3) is 5.57 Å². The summed E-state index contributed by atoms with van der Waals surface area (Å²) in [5.74, 6) is 1.19. The van der Waals surface area contributed by atoms with Crippen LogP contribution in [-0.2, 0) is 10.3 Å². The highest BCUT2D eigenvalue weighted by Crippen LogP contribution is 2.52. The molecular formula is C21H30N2O2. The molecule has 1 fully saturated rings. The van der Waals surface area contributed by atoms with Crippen molar-refractivity contribution in [3.63, 3.8) is 0 Å². The zero-order valence-electron chi connectivity index (χ0n) is 16.2. The maximum absolute atomic E-state index is 12.4. The van der Waals surface area contributed by atoms with E-state index in [0.29, 0.717) is 11.6 Å². The SMILES string of the molecule is C=C/C=C1\C(=C/C)OC(C)(C)c2c1[nH]c(C(=O)NC)c2C1CC1.CC. The second-order valence-electron chi connectivity index (χ2n) is 6.60. The first-order chi connectivity index (χ1) is 11.9. The highest BCUT2D eigenvalue weighted by molar-refractivity contribution is 5.97. The molecule has 1 aliphatic carbocycles. The molecule has 1 aromatic rings. The lowest BCUT2D eigenvalue weighted by molar-refractivity contribution is 0.0345. The largest absolute Gasteiger partial charge is 0.483 e. The number of amides is 1. The molecule has 3 rings (SSSR count). The predicted molar refractivity (Wildman–Crippen MR) is 104 cm³/mol. The van der Waals surface area contributed by atoms with Crippen LogP contribution in [0.4, 0.5) is 0 Å². The first-order valence-electron chi connectivity index (χ1n) is 9.11. The van der Waals surface area contributed by atoms with E-state index in [2.05, 4.69) is 30.7 Å². The highest BCUT2D eigenvalue weighted by atomic mass is 16.5. The Morgan fingerprint density at radius 2 is 2.00 bits per heavy atom. The molecule has 0 unspecified atom stereocenters. The Morgan fingerprint density at radius 3 is 2.48 bits per heavy atom. The van der Waals surface area contributed by atoms with E-state index in [9.17, 15) is 4.79 Å². The quantitative estimate of drug-likeness (QED) is 0.810. The topological polar surface area (TPSA) is 54.1 Å². The summed E-state index contributed by atoms with van der Waals surface area (Å²) >= 11 is 0. The average molecular weight is 342 g/mol. The summed E-state index contributed by atoms with van der Waals surface area (Å²) in [6.45, 7) is 13.9. The maximum atomic E-state index is 12.4. The number of fused-ring (bicyclic) bond motifs is 1. The predicted octanol–water partition coefficient (Wildman–Crippen LogP) is 5.02. The normalized spacial score (nSPS) is 21.0. The van der Waals surface area contributed by atoms with Crippen molar-refractivity contribution in [3.8, 4) is 0 Å². The molecule has 1 aromatic heterocycles. The number of aromatic amines is 1. The van der Waals surface area contributed by atoms with Crippen LogP contribution in [0.5, 0.6) is 0 Å². The molecule has 2 N–H and O–H groups in total. The highest BCUT2D eigenvalue weighted by Gasteiger charge is 2.44. The van der Waals surface area contributed by atoms with Crippen LogP contribution >= 0.6 is 0 Å². The molecule has 4 nitrogen and oxygen atoms in total. The molecule has 0 radical (unpaired) electrons. The molecule has 1 aliphatic heterocycles. The van der Waals surface area contributed by atoms with Crippen molar-refractivity contribution in [2.45, 2.75) is 59.0 Å². The first-order valence-corrected chi connectivity index (χ1v) is 9.11. The smallest absolute Gasteiger partial charge is 0.267 e. The van der Waals surface area contributed by atoms with Gasteiger partial charge in [0.25, 0.3) is 5.91 Å². The third-order valence-electron chi connectivity index (χ3n) is 4.53. The zero-order valence-corrected chi connectivity index (χ0v) is 16.2. The van der Waals surface area contributed by atoms with Gasteiger partial charge in [-0.1, -0.05) is 26.5 Å². The maximum Gasteiger partial charge on any atom is 0.267 e. The Bertz CT molecular complexity index is 731. The van der Waals surface area contributed by atoms with Gasteiger partial charge in [-0.05, 0) is 57.2 Å². The van der Waals surface area contributed by atoms with Crippen molar-refractivity contribution in [2.24, 2.45) is 0 Å². The lowest BCUT2D eigenvalue weighted by atomic mass is 9.85. The Hall–Kier alpha value is -2.23. The summed E-state index contributed by atoms with van der Waals surface area (Å²) in [4.78, 5) is 15.8. The number of carbonyl (C=O) groups excluding carboxylic acids is 1. The van der Waals surface area contributed by atoms with Gasteiger partial charge in [-0.25, -0.2) is 0 Å². The number of carbonyl (C=O) groups is 1. The molecule has 0 saturated heterocycles. The first kappa shape index (κ1) is 19.1. The van der Waals surface area contributed by atoms with Crippen LogP contribution < -0.4 is 5.32 Å². The molecule has 1 saturated carbocycles. The lowest BCUT2D eigenvalue weighted by Crippen LogP contribution is -2.28. The Kier molecular flexibility index (Phi) is 5.61. The van der Waals surface area contributed by atoms with Crippen molar-refractivity contribution in [1.82, 2.24) is 10.3 Å². The third kappa shape index (κ3) is 3.30. The molecular weight excluding hydrogens is 312 g/mol. The molecule has 0 bridgehead atoms. The minimum absolute atomic E-state index is 0.0721. The van der Waals surface area contributed by atoms with E-state index in [1.54, 1.807) is 13.1 Å². The van der Waals surface area contributed by atoms with Crippen LogP contribution in [0.3, 0.4) is 0 Å². The van der Waals surface area contributed by atoms with Crippen molar-refractivity contribution in [3.05, 3.63) is 53.1 Å². The molecule has 0 aromatic carbocycles. The summed E-state index contributed by atoms with van der Waals surface area (Å²) in [6.07, 6.45) is 7.89. The number of hydrogen-bond acceptors (Lipinski definition) is 2. The Morgan fingerprint density at radius 1 is 1.36 bits per heavy atom. The summed E-state index contributed by atoms with van der Waals surface area (Å²) in [5.41, 5.74) is 4.36. The van der Waals surface area contributed by atoms with Crippen molar-refractivity contribution >= 4 is 11.5 Å². The Balaban J connectivity index is 0.00000109. The number of nitrogens with one attached hydrogen (secondary N) is 2. The van der Waals surface area contributed by atoms with Gasteiger partial charge in [-0.2, -0.15) is 0 Å². The van der Waals surface area contributed by atoms with E-state index in [-0.39, 0.29) is 5.91 Å². The molecule has 2 heterocycles. The lowest BCUT2D eigenvalue weighted by Gasteiger charge is -2.35. The Labute approximate surface area is 151 Å². The fourth-order valence-electron chi connectivity index (χ4n) is 3.43. The number of ether oxygens (including phenoxy) is 1. The van der Waals surface area contributed by atoms with Gasteiger partial charge in [0.1, 0.15) is 17.1 Å². The van der Waals surface area contributed by atoms with Gasteiger partial charge < -0.3 is 15.0 Å². The summed E-state index contributed by atoms with van der Waals surface area (Å²) < 4.78 is 6.25. The molecule has 4 heteroatoms. The fraction of sp³-hybridized carbons (Fsp3) is 0.476. The summed E-state index contributed by atoms with van der Waals surface area (Å²) in [5, 5.41) is 2.75. The van der Waals surface area contributed by atoms with Gasteiger partial charge >= 0.3 is 0 Å². The van der Waals surface area contributed by atoms with Crippen LogP contribution in [0.1, 0.15) is 80.7 Å². The zero-order chi connectivity index (χ0) is 18.8. The monoisotopic (exact) mass is 342 g/mol. The second kappa shape index (κ2) is 7.34. The second-order valence-corrected chi connectivity index (χ2v) is 6.60. The summed E-state index contributed by atoms with van der Waals surface area (Å²) in [7, 11) is 1.67. The molecule has 0 atom stereocenters. The molecule has 136 valence electrons. The molecule has 0 spiro atoms. The van der Waals surface area contributed by atoms with Crippen molar-refractivity contribution in [2.75, 3.05) is 7.05 Å². The number of rotatable bonds is 3. The molecule has 25 heavy (non-hydrogen) atoms. The fourth-order valence-corrected chi connectivity index (χ4v) is 3.43. The van der Waals surface area contributed by atoms with E-state index < -0.39 is 5.60 Å². The van der Waals surface area contributed by atoms with E-state index in [4.69, 9.17) is 4.74 Å². The number of aromatic nitrogens is 1. The average Bonchev–Trinajstić information content (AvgIpc) is 3.37. The minimum atomic E-state index is -0.476. The van der Waals surface area contributed by atoms with E-state index in [1.165, 1.54) is 0 Å². The van der Waals surface area contributed by atoms with Crippen LogP contribution in [0, 0.1) is 0 Å². The van der Waals surface area contributed by atoms with Crippen LogP contribution in [-0.4, -0.2) is 17.9 Å². The molecule has 1 amide bonds. The standard InChI is InChI=1S/C19H24N2O2.C2H6/c1-6-8-12-13(7-2)23-19(3,4)15-14(11-9-10-11)17(18(22)20-5)21-16(12)15;1-2/h6-8,11,21H,1,9-10H2,2-5H3,(H,20,22);1-2H3/b12-8+,13-7+;. The van der Waals surface area contributed by atoms with Gasteiger partial charge in [0.15, 0.2) is 0 Å². The van der Waals surface area contributed by atoms with Crippen LogP contribution in [0.2, 0.25) is 0 Å². The number of hydrogen-bond donors (Lipinski definition) is 2. The van der Waals surface area contributed by atoms with Crippen molar-refractivity contribution < 1.29 is 9.53 Å². The van der Waals surface area contributed by atoms with E-state index in [1.807, 2.05) is 32.9 Å².